The van der Waals surface area contributed by atoms with Crippen LogP contribution in [0.2, 0.25) is 0 Å². The number of hydrogen-bond donors (Lipinski definition) is 0. The molecule has 0 amide bonds. The van der Waals surface area contributed by atoms with Gasteiger partial charge in [-0.1, -0.05) is 12.2 Å². The Kier molecular flexibility index (Phi) is 9.33. The molecule has 0 bridgehead atoms. The Hall–Kier alpha value is -1.59. The molecule has 0 atom stereocenters. The Morgan fingerprint density at radius 1 is 1.17 bits per heavy atom. The highest BCUT2D eigenvalue weighted by Gasteiger charge is 2.15. The monoisotopic (exact) mass is 334 g/mol. The summed E-state index contributed by atoms with van der Waals surface area (Å²) in [6, 6.07) is 7.21. The molecule has 5 heteroatoms. The molecule has 0 aromatic heterocycles. The number of nitrogens with zero attached hydrogens (tertiary/aromatic N) is 2. The lowest BCUT2D eigenvalue weighted by Crippen LogP contribution is -2.25. The number of nitro benzene ring substituents is 1. The van der Waals surface area contributed by atoms with Crippen LogP contribution in [-0.2, 0) is 0 Å². The summed E-state index contributed by atoms with van der Waals surface area (Å²) < 4.78 is 2.27. The zero-order valence-electron chi connectivity index (χ0n) is 13.8. The molecular formula is C18H26N2O2S. The van der Waals surface area contributed by atoms with E-state index in [0.717, 1.165) is 43.4 Å². The van der Waals surface area contributed by atoms with Gasteiger partial charge in [0.1, 0.15) is 0 Å². The molecule has 4 nitrogen and oxygen atoms in total. The van der Waals surface area contributed by atoms with E-state index < -0.39 is 0 Å². The maximum atomic E-state index is 10.7. The Morgan fingerprint density at radius 2 is 1.70 bits per heavy atom. The maximum Gasteiger partial charge on any atom is 0.269 e. The minimum Gasteiger partial charge on any atom is -0.258 e. The first kappa shape index (κ1) is 19.5. The summed E-state index contributed by atoms with van der Waals surface area (Å²) in [5, 5.41) is 10.7. The predicted molar refractivity (Wildman–Crippen MR) is 98.6 cm³/mol. The number of rotatable bonds is 12. The minimum atomic E-state index is -0.370. The summed E-state index contributed by atoms with van der Waals surface area (Å²) in [6.07, 6.45) is 10.5. The third-order valence-corrected chi connectivity index (χ3v) is 4.77. The lowest BCUT2D eigenvalue weighted by molar-refractivity contribution is -0.384. The van der Waals surface area contributed by atoms with Crippen LogP contribution in [0.5, 0.6) is 0 Å². The van der Waals surface area contributed by atoms with Gasteiger partial charge in [-0.2, -0.15) is 0 Å². The maximum absolute atomic E-state index is 10.7. The van der Waals surface area contributed by atoms with Crippen LogP contribution in [0.4, 0.5) is 5.69 Å². The van der Waals surface area contributed by atoms with Gasteiger partial charge in [0.15, 0.2) is 0 Å². The Morgan fingerprint density at radius 3 is 2.13 bits per heavy atom. The van der Waals surface area contributed by atoms with Crippen molar-refractivity contribution in [1.29, 1.82) is 0 Å². The van der Waals surface area contributed by atoms with Crippen LogP contribution in [0.15, 0.2) is 54.5 Å². The van der Waals surface area contributed by atoms with Crippen molar-refractivity contribution < 1.29 is 4.92 Å². The van der Waals surface area contributed by atoms with Gasteiger partial charge in [-0.25, -0.2) is 4.31 Å². The van der Waals surface area contributed by atoms with Gasteiger partial charge in [-0.15, -0.1) is 13.2 Å². The van der Waals surface area contributed by atoms with Crippen molar-refractivity contribution in [1.82, 2.24) is 4.31 Å². The van der Waals surface area contributed by atoms with Crippen molar-refractivity contribution in [2.45, 2.75) is 49.5 Å². The molecule has 1 aromatic rings. The average molecular weight is 334 g/mol. The first-order valence-electron chi connectivity index (χ1n) is 7.95. The van der Waals surface area contributed by atoms with Crippen LogP contribution in [0, 0.1) is 10.1 Å². The van der Waals surface area contributed by atoms with Crippen molar-refractivity contribution in [3.63, 3.8) is 0 Å². The molecule has 0 fully saturated rings. The van der Waals surface area contributed by atoms with Crippen LogP contribution in [0.3, 0.4) is 0 Å². The normalized spacial score (nSPS) is 10.9. The van der Waals surface area contributed by atoms with Crippen LogP contribution in [0.1, 0.15) is 38.5 Å². The second-order valence-corrected chi connectivity index (χ2v) is 6.71. The first-order chi connectivity index (χ1) is 11.1. The minimum absolute atomic E-state index is 0.130. The Labute approximate surface area is 143 Å². The van der Waals surface area contributed by atoms with E-state index in [1.807, 2.05) is 24.3 Å². The van der Waals surface area contributed by atoms with Crippen LogP contribution >= 0.6 is 11.9 Å². The van der Waals surface area contributed by atoms with Gasteiger partial charge < -0.3 is 0 Å². The van der Waals surface area contributed by atoms with Crippen molar-refractivity contribution in [2.75, 3.05) is 7.05 Å². The highest BCUT2D eigenvalue weighted by atomic mass is 32.2. The van der Waals surface area contributed by atoms with E-state index in [4.69, 9.17) is 0 Å². The second-order valence-electron chi connectivity index (χ2n) is 5.48. The topological polar surface area (TPSA) is 46.4 Å². The fourth-order valence-electron chi connectivity index (χ4n) is 2.37. The van der Waals surface area contributed by atoms with Gasteiger partial charge in [0.25, 0.3) is 5.69 Å². The van der Waals surface area contributed by atoms with Crippen molar-refractivity contribution in [3.05, 3.63) is 59.7 Å². The number of nitro groups is 1. The molecule has 0 aliphatic carbocycles. The molecule has 0 radical (unpaired) electrons. The van der Waals surface area contributed by atoms with E-state index >= 15 is 0 Å². The van der Waals surface area contributed by atoms with E-state index in [9.17, 15) is 10.1 Å². The second kappa shape index (κ2) is 11.0. The van der Waals surface area contributed by atoms with E-state index in [1.165, 1.54) is 0 Å². The molecule has 0 saturated carbocycles. The molecule has 0 unspecified atom stereocenters. The third kappa shape index (κ3) is 7.48. The highest BCUT2D eigenvalue weighted by molar-refractivity contribution is 7.97. The summed E-state index contributed by atoms with van der Waals surface area (Å²) in [5.74, 6) is 0. The fourth-order valence-corrected chi connectivity index (χ4v) is 3.32. The number of non-ortho nitro benzene ring substituents is 1. The third-order valence-electron chi connectivity index (χ3n) is 3.70. The lowest BCUT2D eigenvalue weighted by atomic mass is 10.0. The van der Waals surface area contributed by atoms with E-state index in [1.54, 1.807) is 24.1 Å². The Balaban J connectivity index is 2.62. The summed E-state index contributed by atoms with van der Waals surface area (Å²) >= 11 is 1.65. The van der Waals surface area contributed by atoms with Crippen molar-refractivity contribution >= 4 is 17.6 Å². The summed E-state index contributed by atoms with van der Waals surface area (Å²) in [6.45, 7) is 7.56. The van der Waals surface area contributed by atoms with Crippen LogP contribution in [0.25, 0.3) is 0 Å². The first-order valence-corrected chi connectivity index (χ1v) is 8.73. The van der Waals surface area contributed by atoms with Gasteiger partial charge >= 0.3 is 0 Å². The molecule has 1 aromatic carbocycles. The van der Waals surface area contributed by atoms with Crippen LogP contribution < -0.4 is 0 Å². The molecule has 126 valence electrons. The lowest BCUT2D eigenvalue weighted by Gasteiger charge is -2.27. The summed E-state index contributed by atoms with van der Waals surface area (Å²) in [4.78, 5) is 11.4. The SMILES string of the molecule is C=CCCCC(CCCC=C)N(C)Sc1ccc([N+](=O)[O-])cc1. The van der Waals surface area contributed by atoms with Crippen molar-refractivity contribution in [3.8, 4) is 0 Å². The summed E-state index contributed by atoms with van der Waals surface area (Å²) in [5.41, 5.74) is 0.130. The largest absolute Gasteiger partial charge is 0.269 e. The zero-order chi connectivity index (χ0) is 17.1. The molecule has 0 aliphatic rings. The van der Waals surface area contributed by atoms with Gasteiger partial charge in [0.05, 0.1) is 4.92 Å². The number of allylic oxidation sites excluding steroid dienone is 2. The fraction of sp³-hybridized carbons (Fsp3) is 0.444. The molecule has 0 aliphatic heterocycles. The molecule has 1 rings (SSSR count). The quantitative estimate of drug-likeness (QED) is 0.164. The smallest absolute Gasteiger partial charge is 0.258 e. The predicted octanol–water partition coefficient (Wildman–Crippen LogP) is 5.61. The van der Waals surface area contributed by atoms with Gasteiger partial charge in [-0.05, 0) is 69.7 Å². The van der Waals surface area contributed by atoms with Gasteiger partial charge in [0.2, 0.25) is 0 Å². The van der Waals surface area contributed by atoms with E-state index in [2.05, 4.69) is 24.5 Å². The number of hydrogen-bond acceptors (Lipinski definition) is 4. The molecule has 0 heterocycles. The number of benzene rings is 1. The summed E-state index contributed by atoms with van der Waals surface area (Å²) in [7, 11) is 2.10. The van der Waals surface area contributed by atoms with Crippen LogP contribution in [-0.4, -0.2) is 22.3 Å². The van der Waals surface area contributed by atoms with Gasteiger partial charge in [-0.3, -0.25) is 10.1 Å². The molecular weight excluding hydrogens is 308 g/mol. The van der Waals surface area contributed by atoms with Crippen molar-refractivity contribution in [2.24, 2.45) is 0 Å². The van der Waals surface area contributed by atoms with E-state index in [-0.39, 0.29) is 10.6 Å². The molecule has 0 N–H and O–H groups in total. The molecule has 0 saturated heterocycles. The Bertz CT molecular complexity index is 488. The zero-order valence-corrected chi connectivity index (χ0v) is 14.6. The van der Waals surface area contributed by atoms with Gasteiger partial charge in [0, 0.05) is 23.1 Å². The molecule has 23 heavy (non-hydrogen) atoms. The standard InChI is InChI=1S/C18H26N2O2S/c1-4-6-8-10-16(11-9-7-5-2)19(3)23-18-14-12-17(13-15-18)20(21)22/h4-5,12-16H,1-2,6-11H2,3H3. The van der Waals surface area contributed by atoms with E-state index in [0.29, 0.717) is 6.04 Å². The highest BCUT2D eigenvalue weighted by Crippen LogP contribution is 2.28. The molecule has 0 spiro atoms. The average Bonchev–Trinajstić information content (AvgIpc) is 2.54. The number of unbranched alkanes of at least 4 members (excludes halogenated alkanes) is 2.